The van der Waals surface area contributed by atoms with Gasteiger partial charge in [-0.05, 0) is 47.6 Å². The lowest BCUT2D eigenvalue weighted by Crippen LogP contribution is -2.42. The maximum absolute atomic E-state index is 12.7. The number of carboxylic acids is 1. The van der Waals surface area contributed by atoms with Crippen LogP contribution in [0, 0.1) is 16.7 Å². The number of esters is 1. The van der Waals surface area contributed by atoms with Gasteiger partial charge in [-0.1, -0.05) is 72.7 Å². The van der Waals surface area contributed by atoms with Crippen LogP contribution >= 0.6 is 0 Å². The first-order valence-electron chi connectivity index (χ1n) is 14.0. The average Bonchev–Trinajstić information content (AvgIpc) is 2.91. The van der Waals surface area contributed by atoms with Crippen LogP contribution in [0.1, 0.15) is 77.2 Å². The molecule has 2 aromatic carbocycles. The number of carboxylic acid groups (broad SMARTS) is 1. The van der Waals surface area contributed by atoms with Gasteiger partial charge in [0.1, 0.15) is 12.1 Å². The number of aliphatic carboxylic acids is 1. The summed E-state index contributed by atoms with van der Waals surface area (Å²) in [7, 11) is 0. The van der Waals surface area contributed by atoms with Crippen molar-refractivity contribution in [1.82, 2.24) is 0 Å². The van der Waals surface area contributed by atoms with Gasteiger partial charge in [-0.2, -0.15) is 0 Å². The van der Waals surface area contributed by atoms with Crippen LogP contribution in [0.5, 0.6) is 11.5 Å². The predicted molar refractivity (Wildman–Crippen MR) is 158 cm³/mol. The molecule has 0 saturated carbocycles. The van der Waals surface area contributed by atoms with E-state index in [9.17, 15) is 24.3 Å². The van der Waals surface area contributed by atoms with Crippen molar-refractivity contribution in [2.24, 2.45) is 22.5 Å². The first-order chi connectivity index (χ1) is 19.9. The van der Waals surface area contributed by atoms with E-state index in [1.165, 1.54) is 18.2 Å². The summed E-state index contributed by atoms with van der Waals surface area (Å²) in [4.78, 5) is 49.8. The molecule has 0 bridgehead atoms. The maximum atomic E-state index is 12.7. The molecule has 0 radical (unpaired) electrons. The fourth-order valence-corrected chi connectivity index (χ4v) is 3.89. The lowest BCUT2D eigenvalue weighted by molar-refractivity contribution is -0.139. The van der Waals surface area contributed by atoms with Crippen LogP contribution in [0.2, 0.25) is 0 Å². The zero-order valence-corrected chi connectivity index (χ0v) is 26.0. The molecule has 236 valence electrons. The first-order valence-corrected chi connectivity index (χ1v) is 14.0. The van der Waals surface area contributed by atoms with Gasteiger partial charge in [0.25, 0.3) is 0 Å². The standard InChI is InChI=1S/C32H43NO10/c1-19(20(2)41-28(36)21-12-10-9-11-13-21)25(26(33)27(34)35)22-14-15-23(42-29(37)39-17-31(3,4)5)24(16-22)43-30(38)40-18-32(6,7)8/h9-16,19-20,25-26H,17-18,33H2,1-8H3,(H,34,35)/t19?,20?,25?,26-/m0/s1. The Hall–Kier alpha value is -4.12. The Morgan fingerprint density at radius 1 is 0.791 bits per heavy atom. The lowest BCUT2D eigenvalue weighted by atomic mass is 9.79. The smallest absolute Gasteiger partial charge is 0.480 e. The molecule has 0 aliphatic rings. The van der Waals surface area contributed by atoms with Crippen LogP contribution in [0.25, 0.3) is 0 Å². The minimum Gasteiger partial charge on any atom is -0.480 e. The summed E-state index contributed by atoms with van der Waals surface area (Å²) in [6.07, 6.45) is -2.85. The molecule has 3 N–H and O–H groups in total. The number of nitrogens with two attached hydrogens (primary N) is 1. The molecule has 43 heavy (non-hydrogen) atoms. The zero-order chi connectivity index (χ0) is 32.5. The van der Waals surface area contributed by atoms with E-state index >= 15 is 0 Å². The normalized spacial score (nSPS) is 14.4. The molecule has 0 saturated heterocycles. The van der Waals surface area contributed by atoms with E-state index in [1.54, 1.807) is 44.2 Å². The molecule has 0 aliphatic carbocycles. The molecule has 3 unspecified atom stereocenters. The molecule has 0 spiro atoms. The Balaban J connectivity index is 2.43. The van der Waals surface area contributed by atoms with Crippen LogP contribution in [-0.4, -0.2) is 54.7 Å². The predicted octanol–water partition coefficient (Wildman–Crippen LogP) is 6.19. The van der Waals surface area contributed by atoms with Crippen molar-refractivity contribution in [3.63, 3.8) is 0 Å². The Morgan fingerprint density at radius 2 is 1.30 bits per heavy atom. The largest absolute Gasteiger partial charge is 0.513 e. The third kappa shape index (κ3) is 11.6. The topological polar surface area (TPSA) is 161 Å². The summed E-state index contributed by atoms with van der Waals surface area (Å²) in [5, 5.41) is 9.84. The van der Waals surface area contributed by atoms with Gasteiger partial charge in [0.05, 0.1) is 18.8 Å². The molecule has 2 rings (SSSR count). The van der Waals surface area contributed by atoms with E-state index in [4.69, 9.17) is 29.4 Å². The highest BCUT2D eigenvalue weighted by Crippen LogP contribution is 2.37. The summed E-state index contributed by atoms with van der Waals surface area (Å²) in [5.41, 5.74) is 6.14. The number of ether oxygens (including phenoxy) is 5. The van der Waals surface area contributed by atoms with Gasteiger partial charge in [-0.25, -0.2) is 14.4 Å². The number of hydrogen-bond donors (Lipinski definition) is 2. The van der Waals surface area contributed by atoms with Crippen LogP contribution in [-0.2, 0) is 19.0 Å². The lowest BCUT2D eigenvalue weighted by Gasteiger charge is -2.32. The Kier molecular flexibility index (Phi) is 12.1. The molecule has 0 aromatic heterocycles. The van der Waals surface area contributed by atoms with Crippen molar-refractivity contribution in [2.45, 2.75) is 73.5 Å². The number of benzene rings is 2. The number of carbonyl (C=O) groups is 4. The quantitative estimate of drug-likeness (QED) is 0.172. The second-order valence-corrected chi connectivity index (χ2v) is 12.8. The van der Waals surface area contributed by atoms with Crippen LogP contribution in [0.4, 0.5) is 9.59 Å². The second kappa shape index (κ2) is 14.9. The summed E-state index contributed by atoms with van der Waals surface area (Å²) >= 11 is 0. The van der Waals surface area contributed by atoms with Crippen LogP contribution < -0.4 is 15.2 Å². The summed E-state index contributed by atoms with van der Waals surface area (Å²) < 4.78 is 26.8. The minimum atomic E-state index is -1.43. The van der Waals surface area contributed by atoms with Crippen LogP contribution in [0.3, 0.4) is 0 Å². The average molecular weight is 602 g/mol. The van der Waals surface area contributed by atoms with Crippen molar-refractivity contribution in [3.8, 4) is 11.5 Å². The molecule has 0 aliphatic heterocycles. The highest BCUT2D eigenvalue weighted by atomic mass is 16.7. The third-order valence-corrected chi connectivity index (χ3v) is 6.27. The zero-order valence-electron chi connectivity index (χ0n) is 26.0. The van der Waals surface area contributed by atoms with Gasteiger partial charge >= 0.3 is 24.2 Å². The van der Waals surface area contributed by atoms with Gasteiger partial charge in [0, 0.05) is 11.8 Å². The van der Waals surface area contributed by atoms with Gasteiger partial charge in [0.15, 0.2) is 11.5 Å². The molecular weight excluding hydrogens is 558 g/mol. The first kappa shape index (κ1) is 35.1. The van der Waals surface area contributed by atoms with Crippen LogP contribution in [0.15, 0.2) is 48.5 Å². The third-order valence-electron chi connectivity index (χ3n) is 6.27. The highest BCUT2D eigenvalue weighted by molar-refractivity contribution is 5.89. The van der Waals surface area contributed by atoms with E-state index < -0.39 is 48.2 Å². The summed E-state index contributed by atoms with van der Waals surface area (Å²) in [6, 6.07) is 11.1. The van der Waals surface area contributed by atoms with Gasteiger partial charge < -0.3 is 34.5 Å². The molecule has 0 amide bonds. The van der Waals surface area contributed by atoms with Gasteiger partial charge in [-0.3, -0.25) is 4.79 Å². The fourth-order valence-electron chi connectivity index (χ4n) is 3.89. The molecular formula is C32H43NO10. The van der Waals surface area contributed by atoms with E-state index in [2.05, 4.69) is 0 Å². The molecule has 2 aromatic rings. The molecule has 11 heteroatoms. The SMILES string of the molecule is CC(OC(=O)c1ccccc1)C(C)C(c1ccc(OC(=O)OCC(C)(C)C)c(OC(=O)OCC(C)(C)C)c1)[C@H](N)C(=O)O. The van der Waals surface area contributed by atoms with Crippen molar-refractivity contribution < 1.29 is 48.0 Å². The van der Waals surface area contributed by atoms with Crippen molar-refractivity contribution >= 4 is 24.2 Å². The van der Waals surface area contributed by atoms with E-state index in [0.717, 1.165) is 0 Å². The van der Waals surface area contributed by atoms with E-state index in [-0.39, 0.29) is 35.5 Å². The molecule has 0 fully saturated rings. The number of rotatable bonds is 11. The maximum Gasteiger partial charge on any atom is 0.513 e. The van der Waals surface area contributed by atoms with E-state index in [0.29, 0.717) is 11.1 Å². The number of hydrogen-bond acceptors (Lipinski definition) is 10. The molecule has 11 nitrogen and oxygen atoms in total. The minimum absolute atomic E-state index is 0.0448. The number of carbonyl (C=O) groups excluding carboxylic acids is 3. The Morgan fingerprint density at radius 3 is 1.79 bits per heavy atom. The second-order valence-electron chi connectivity index (χ2n) is 12.8. The Bertz CT molecular complexity index is 1260. The van der Waals surface area contributed by atoms with Crippen molar-refractivity contribution in [2.75, 3.05) is 13.2 Å². The summed E-state index contributed by atoms with van der Waals surface area (Å²) in [6.45, 7) is 14.7. The summed E-state index contributed by atoms with van der Waals surface area (Å²) in [5.74, 6) is -3.79. The monoisotopic (exact) mass is 601 g/mol. The van der Waals surface area contributed by atoms with Crippen molar-refractivity contribution in [1.29, 1.82) is 0 Å². The van der Waals surface area contributed by atoms with Gasteiger partial charge in [0.2, 0.25) is 0 Å². The van der Waals surface area contributed by atoms with Crippen molar-refractivity contribution in [3.05, 3.63) is 59.7 Å². The molecule has 0 heterocycles. The highest BCUT2D eigenvalue weighted by Gasteiger charge is 2.36. The van der Waals surface area contributed by atoms with Gasteiger partial charge in [-0.15, -0.1) is 0 Å². The van der Waals surface area contributed by atoms with E-state index in [1.807, 2.05) is 41.5 Å². The fraction of sp³-hybridized carbons (Fsp3) is 0.500. The molecule has 4 atom stereocenters. The Labute approximate surface area is 252 Å².